The smallest absolute Gasteiger partial charge is 0.229 e. The third-order valence-corrected chi connectivity index (χ3v) is 3.45. The zero-order chi connectivity index (χ0) is 12.7. The first-order valence-corrected chi connectivity index (χ1v) is 6.34. The summed E-state index contributed by atoms with van der Waals surface area (Å²) in [6.45, 7) is 8.32. The molecule has 4 nitrogen and oxygen atoms in total. The Labute approximate surface area is 102 Å². The Morgan fingerprint density at radius 1 is 1.47 bits per heavy atom. The highest BCUT2D eigenvalue weighted by Crippen LogP contribution is 2.36. The highest BCUT2D eigenvalue weighted by Gasteiger charge is 2.37. The Bertz CT molecular complexity index is 394. The van der Waals surface area contributed by atoms with Crippen molar-refractivity contribution in [3.05, 3.63) is 11.7 Å². The van der Waals surface area contributed by atoms with Gasteiger partial charge in [0, 0.05) is 5.41 Å². The summed E-state index contributed by atoms with van der Waals surface area (Å²) < 4.78 is 5.23. The maximum atomic E-state index is 10.4. The minimum atomic E-state index is -0.638. The van der Waals surface area contributed by atoms with E-state index in [0.29, 0.717) is 24.1 Å². The second-order valence-corrected chi connectivity index (χ2v) is 6.51. The topological polar surface area (TPSA) is 59.2 Å². The van der Waals surface area contributed by atoms with Crippen LogP contribution in [0.15, 0.2) is 4.52 Å². The molecule has 0 amide bonds. The molecule has 1 aromatic heterocycles. The molecule has 1 aliphatic rings. The van der Waals surface area contributed by atoms with Crippen LogP contribution in [0, 0.1) is 5.92 Å². The van der Waals surface area contributed by atoms with Crippen molar-refractivity contribution in [1.82, 2.24) is 10.1 Å². The van der Waals surface area contributed by atoms with Crippen LogP contribution in [0.2, 0.25) is 0 Å². The van der Waals surface area contributed by atoms with Gasteiger partial charge < -0.3 is 9.63 Å². The van der Waals surface area contributed by atoms with Gasteiger partial charge in [-0.2, -0.15) is 4.98 Å². The lowest BCUT2D eigenvalue weighted by Gasteiger charge is -2.19. The van der Waals surface area contributed by atoms with Gasteiger partial charge in [0.05, 0.1) is 12.0 Å². The fourth-order valence-electron chi connectivity index (χ4n) is 2.44. The normalized spacial score (nSPS) is 29.8. The van der Waals surface area contributed by atoms with E-state index in [2.05, 4.69) is 17.1 Å². The van der Waals surface area contributed by atoms with Crippen LogP contribution in [0.1, 0.15) is 58.7 Å². The fraction of sp³-hybridized carbons (Fsp3) is 0.846. The SMILES string of the molecule is C[C@@H]1CC[C@](O)(Cc2nc(C(C)(C)C)no2)C1. The summed E-state index contributed by atoms with van der Waals surface area (Å²) in [4.78, 5) is 4.38. The van der Waals surface area contributed by atoms with Gasteiger partial charge >= 0.3 is 0 Å². The van der Waals surface area contributed by atoms with Gasteiger partial charge in [-0.05, 0) is 25.2 Å². The predicted octanol–water partition coefficient (Wildman–Crippen LogP) is 2.46. The molecule has 0 unspecified atom stereocenters. The zero-order valence-electron chi connectivity index (χ0n) is 11.2. The van der Waals surface area contributed by atoms with Crippen LogP contribution in [-0.4, -0.2) is 20.8 Å². The molecule has 17 heavy (non-hydrogen) atoms. The molecular weight excluding hydrogens is 216 g/mol. The maximum Gasteiger partial charge on any atom is 0.229 e. The number of hydrogen-bond acceptors (Lipinski definition) is 4. The van der Waals surface area contributed by atoms with Crippen molar-refractivity contribution in [2.45, 2.75) is 64.4 Å². The molecule has 0 radical (unpaired) electrons. The van der Waals surface area contributed by atoms with Gasteiger partial charge in [-0.15, -0.1) is 0 Å². The third kappa shape index (κ3) is 2.86. The quantitative estimate of drug-likeness (QED) is 0.859. The van der Waals surface area contributed by atoms with E-state index in [1.807, 2.05) is 20.8 Å². The van der Waals surface area contributed by atoms with Crippen LogP contribution in [0.4, 0.5) is 0 Å². The van der Waals surface area contributed by atoms with E-state index >= 15 is 0 Å². The molecule has 1 N–H and O–H groups in total. The predicted molar refractivity (Wildman–Crippen MR) is 64.7 cm³/mol. The highest BCUT2D eigenvalue weighted by molar-refractivity contribution is 5.02. The molecule has 0 spiro atoms. The van der Waals surface area contributed by atoms with Gasteiger partial charge in [0.15, 0.2) is 5.82 Å². The maximum absolute atomic E-state index is 10.4. The zero-order valence-corrected chi connectivity index (χ0v) is 11.2. The van der Waals surface area contributed by atoms with Crippen molar-refractivity contribution >= 4 is 0 Å². The second kappa shape index (κ2) is 4.09. The van der Waals surface area contributed by atoms with Crippen LogP contribution in [0.3, 0.4) is 0 Å². The van der Waals surface area contributed by atoms with Crippen molar-refractivity contribution in [3.63, 3.8) is 0 Å². The largest absolute Gasteiger partial charge is 0.389 e. The number of aromatic nitrogens is 2. The van der Waals surface area contributed by atoms with Crippen LogP contribution < -0.4 is 0 Å². The van der Waals surface area contributed by atoms with Crippen LogP contribution >= 0.6 is 0 Å². The molecule has 0 aromatic carbocycles. The monoisotopic (exact) mass is 238 g/mol. The van der Waals surface area contributed by atoms with Gasteiger partial charge in [-0.3, -0.25) is 0 Å². The van der Waals surface area contributed by atoms with Gasteiger partial charge in [0.2, 0.25) is 5.89 Å². The van der Waals surface area contributed by atoms with Crippen molar-refractivity contribution in [2.24, 2.45) is 5.92 Å². The first kappa shape index (κ1) is 12.6. The average Bonchev–Trinajstić information content (AvgIpc) is 2.73. The lowest BCUT2D eigenvalue weighted by Crippen LogP contribution is -2.28. The van der Waals surface area contributed by atoms with Gasteiger partial charge in [-0.25, -0.2) is 0 Å². The Kier molecular flexibility index (Phi) is 3.02. The number of rotatable bonds is 2. The molecule has 1 heterocycles. The minimum Gasteiger partial charge on any atom is -0.389 e. The molecule has 2 rings (SSSR count). The molecule has 0 aliphatic heterocycles. The molecular formula is C13H22N2O2. The van der Waals surface area contributed by atoms with E-state index in [1.165, 1.54) is 0 Å². The standard InChI is InChI=1S/C13H22N2O2/c1-9-5-6-13(16,7-9)8-10-14-11(15-17-10)12(2,3)4/h9,16H,5-8H2,1-4H3/t9-,13-/m1/s1. The van der Waals surface area contributed by atoms with Gasteiger partial charge in [-0.1, -0.05) is 32.9 Å². The summed E-state index contributed by atoms with van der Waals surface area (Å²) in [5.74, 6) is 1.86. The van der Waals surface area contributed by atoms with Crippen molar-refractivity contribution in [2.75, 3.05) is 0 Å². The Hall–Kier alpha value is -0.900. The lowest BCUT2D eigenvalue weighted by molar-refractivity contribution is 0.0368. The van der Waals surface area contributed by atoms with E-state index in [1.54, 1.807) is 0 Å². The molecule has 1 aliphatic carbocycles. The van der Waals surface area contributed by atoms with E-state index in [4.69, 9.17) is 4.52 Å². The van der Waals surface area contributed by atoms with Gasteiger partial charge in [0.1, 0.15) is 0 Å². The minimum absolute atomic E-state index is 0.104. The first-order chi connectivity index (χ1) is 7.78. The molecule has 1 saturated carbocycles. The van der Waals surface area contributed by atoms with E-state index in [-0.39, 0.29) is 5.41 Å². The fourth-order valence-corrected chi connectivity index (χ4v) is 2.44. The Balaban J connectivity index is 2.07. The van der Waals surface area contributed by atoms with E-state index in [0.717, 1.165) is 19.3 Å². The van der Waals surface area contributed by atoms with E-state index < -0.39 is 5.60 Å². The molecule has 1 aromatic rings. The molecule has 4 heteroatoms. The second-order valence-electron chi connectivity index (χ2n) is 6.51. The van der Waals surface area contributed by atoms with Crippen molar-refractivity contribution < 1.29 is 9.63 Å². The van der Waals surface area contributed by atoms with Crippen LogP contribution in [0.5, 0.6) is 0 Å². The summed E-state index contributed by atoms with van der Waals surface area (Å²) >= 11 is 0. The molecule has 0 saturated heterocycles. The summed E-state index contributed by atoms with van der Waals surface area (Å²) in [6, 6.07) is 0. The summed E-state index contributed by atoms with van der Waals surface area (Å²) in [6.07, 6.45) is 3.23. The number of hydrogen-bond donors (Lipinski definition) is 1. The summed E-state index contributed by atoms with van der Waals surface area (Å²) in [7, 11) is 0. The summed E-state index contributed by atoms with van der Waals surface area (Å²) in [5, 5.41) is 14.4. The number of nitrogens with zero attached hydrogens (tertiary/aromatic N) is 2. The van der Waals surface area contributed by atoms with Gasteiger partial charge in [0.25, 0.3) is 0 Å². The van der Waals surface area contributed by atoms with E-state index in [9.17, 15) is 5.11 Å². The molecule has 1 fully saturated rings. The Morgan fingerprint density at radius 2 is 2.18 bits per heavy atom. The Morgan fingerprint density at radius 3 is 2.65 bits per heavy atom. The average molecular weight is 238 g/mol. The third-order valence-electron chi connectivity index (χ3n) is 3.45. The summed E-state index contributed by atoms with van der Waals surface area (Å²) in [5.41, 5.74) is -0.742. The molecule has 96 valence electrons. The van der Waals surface area contributed by atoms with Crippen molar-refractivity contribution in [1.29, 1.82) is 0 Å². The molecule has 0 bridgehead atoms. The van der Waals surface area contributed by atoms with Crippen molar-refractivity contribution in [3.8, 4) is 0 Å². The first-order valence-electron chi connectivity index (χ1n) is 6.34. The number of aliphatic hydroxyl groups is 1. The lowest BCUT2D eigenvalue weighted by atomic mass is 9.95. The molecule has 2 atom stereocenters. The highest BCUT2D eigenvalue weighted by atomic mass is 16.5. The van der Waals surface area contributed by atoms with Crippen LogP contribution in [-0.2, 0) is 11.8 Å². The van der Waals surface area contributed by atoms with Crippen LogP contribution in [0.25, 0.3) is 0 Å².